The van der Waals surface area contributed by atoms with Gasteiger partial charge in [0.05, 0.1) is 5.69 Å². The molecule has 0 aliphatic heterocycles. The summed E-state index contributed by atoms with van der Waals surface area (Å²) in [6.07, 6.45) is 5.54. The number of oxazole rings is 1. The van der Waals surface area contributed by atoms with Gasteiger partial charge >= 0.3 is 0 Å². The molecular formula is C20H29FN4O2. The van der Waals surface area contributed by atoms with Gasteiger partial charge in [-0.3, -0.25) is 4.99 Å². The summed E-state index contributed by atoms with van der Waals surface area (Å²) in [5.41, 5.74) is 1.59. The van der Waals surface area contributed by atoms with Gasteiger partial charge in [0.2, 0.25) is 5.89 Å². The lowest BCUT2D eigenvalue weighted by Gasteiger charge is -2.11. The van der Waals surface area contributed by atoms with Crippen LogP contribution in [0.25, 0.3) is 11.5 Å². The van der Waals surface area contributed by atoms with E-state index in [1.54, 1.807) is 25.4 Å². The Hall–Kier alpha value is -2.41. The van der Waals surface area contributed by atoms with E-state index in [0.717, 1.165) is 56.2 Å². The average molecular weight is 376 g/mol. The van der Waals surface area contributed by atoms with E-state index in [1.807, 2.05) is 0 Å². The number of guanidine groups is 1. The second-order valence-corrected chi connectivity index (χ2v) is 6.15. The molecule has 0 aliphatic rings. The van der Waals surface area contributed by atoms with Crippen LogP contribution in [0, 0.1) is 5.82 Å². The predicted molar refractivity (Wildman–Crippen MR) is 105 cm³/mol. The Kier molecular flexibility index (Phi) is 9.34. The number of unbranched alkanes of at least 4 members (excludes halogenated alkanes) is 1. The van der Waals surface area contributed by atoms with E-state index in [0.29, 0.717) is 18.9 Å². The molecule has 2 aromatic rings. The lowest BCUT2D eigenvalue weighted by molar-refractivity contribution is 0.129. The fraction of sp³-hybridized carbons (Fsp3) is 0.500. The molecule has 7 heteroatoms. The molecule has 6 nitrogen and oxygen atoms in total. The minimum atomic E-state index is -0.277. The van der Waals surface area contributed by atoms with Gasteiger partial charge in [0.15, 0.2) is 5.96 Å². The molecule has 0 spiro atoms. The Morgan fingerprint density at radius 3 is 2.63 bits per heavy atom. The van der Waals surface area contributed by atoms with Crippen LogP contribution in [0.1, 0.15) is 31.9 Å². The molecule has 1 heterocycles. The molecule has 0 saturated carbocycles. The van der Waals surface area contributed by atoms with Gasteiger partial charge in [0.25, 0.3) is 0 Å². The van der Waals surface area contributed by atoms with Crippen molar-refractivity contribution >= 4 is 5.96 Å². The smallest absolute Gasteiger partial charge is 0.226 e. The monoisotopic (exact) mass is 376 g/mol. The van der Waals surface area contributed by atoms with Gasteiger partial charge in [-0.05, 0) is 37.1 Å². The SMILES string of the molecule is CCCCOCCCNC(=NC)NCCc1coc(-c2ccc(F)cc2)n1. The molecule has 2 N–H and O–H groups in total. The summed E-state index contributed by atoms with van der Waals surface area (Å²) in [5, 5.41) is 6.51. The zero-order valence-electron chi connectivity index (χ0n) is 16.1. The van der Waals surface area contributed by atoms with Gasteiger partial charge in [-0.15, -0.1) is 0 Å². The van der Waals surface area contributed by atoms with Gasteiger partial charge < -0.3 is 19.8 Å². The van der Waals surface area contributed by atoms with E-state index in [4.69, 9.17) is 9.15 Å². The van der Waals surface area contributed by atoms with Crippen LogP contribution < -0.4 is 10.6 Å². The Balaban J connectivity index is 1.65. The van der Waals surface area contributed by atoms with E-state index in [2.05, 4.69) is 27.5 Å². The number of hydrogen-bond donors (Lipinski definition) is 2. The largest absolute Gasteiger partial charge is 0.444 e. The molecule has 1 aromatic heterocycles. The van der Waals surface area contributed by atoms with Crippen molar-refractivity contribution in [2.75, 3.05) is 33.4 Å². The number of ether oxygens (including phenoxy) is 1. The molecular weight excluding hydrogens is 347 g/mol. The second-order valence-electron chi connectivity index (χ2n) is 6.15. The quantitative estimate of drug-likeness (QED) is 0.357. The Morgan fingerprint density at radius 2 is 1.89 bits per heavy atom. The van der Waals surface area contributed by atoms with Gasteiger partial charge in [-0.1, -0.05) is 13.3 Å². The number of rotatable bonds is 11. The molecule has 0 fully saturated rings. The lowest BCUT2D eigenvalue weighted by Crippen LogP contribution is -2.39. The molecule has 0 bridgehead atoms. The molecule has 0 amide bonds. The van der Waals surface area contributed by atoms with Crippen molar-refractivity contribution in [1.29, 1.82) is 0 Å². The zero-order valence-corrected chi connectivity index (χ0v) is 16.1. The number of hydrogen-bond acceptors (Lipinski definition) is 4. The van der Waals surface area contributed by atoms with Crippen molar-refractivity contribution in [2.24, 2.45) is 4.99 Å². The number of nitrogens with zero attached hydrogens (tertiary/aromatic N) is 2. The number of aliphatic imine (C=N–C) groups is 1. The topological polar surface area (TPSA) is 71.7 Å². The normalized spacial score (nSPS) is 11.6. The predicted octanol–water partition coefficient (Wildman–Crippen LogP) is 3.40. The van der Waals surface area contributed by atoms with Crippen molar-refractivity contribution in [3.8, 4) is 11.5 Å². The van der Waals surface area contributed by atoms with Crippen LogP contribution in [-0.4, -0.2) is 44.3 Å². The highest BCUT2D eigenvalue weighted by Crippen LogP contribution is 2.18. The number of halogens is 1. The molecule has 0 atom stereocenters. The van der Waals surface area contributed by atoms with Gasteiger partial charge in [0.1, 0.15) is 12.1 Å². The third kappa shape index (κ3) is 7.78. The molecule has 0 unspecified atom stereocenters. The maximum absolute atomic E-state index is 13.0. The van der Waals surface area contributed by atoms with Gasteiger partial charge in [-0.2, -0.15) is 0 Å². The second kappa shape index (κ2) is 12.1. The number of benzene rings is 1. The maximum Gasteiger partial charge on any atom is 0.226 e. The third-order valence-corrected chi connectivity index (χ3v) is 3.94. The van der Waals surface area contributed by atoms with Crippen LogP contribution in [0.4, 0.5) is 4.39 Å². The summed E-state index contributed by atoms with van der Waals surface area (Å²) in [5.74, 6) is 0.975. The van der Waals surface area contributed by atoms with E-state index in [-0.39, 0.29) is 5.82 Å². The van der Waals surface area contributed by atoms with Gasteiger partial charge in [0, 0.05) is 45.3 Å². The van der Waals surface area contributed by atoms with E-state index in [1.165, 1.54) is 12.1 Å². The molecule has 148 valence electrons. The number of nitrogens with one attached hydrogen (secondary N) is 2. The molecule has 0 saturated heterocycles. The van der Waals surface area contributed by atoms with Crippen LogP contribution in [0.3, 0.4) is 0 Å². The Labute approximate surface area is 160 Å². The highest BCUT2D eigenvalue weighted by atomic mass is 19.1. The maximum atomic E-state index is 13.0. The first-order valence-electron chi connectivity index (χ1n) is 9.45. The lowest BCUT2D eigenvalue weighted by atomic mass is 10.2. The van der Waals surface area contributed by atoms with Gasteiger partial charge in [-0.25, -0.2) is 9.37 Å². The Bertz CT molecular complexity index is 686. The van der Waals surface area contributed by atoms with Crippen LogP contribution >= 0.6 is 0 Å². The first-order valence-corrected chi connectivity index (χ1v) is 9.45. The zero-order chi connectivity index (χ0) is 19.3. The summed E-state index contributed by atoms with van der Waals surface area (Å²) in [4.78, 5) is 8.64. The van der Waals surface area contributed by atoms with Crippen LogP contribution in [0.2, 0.25) is 0 Å². The molecule has 0 radical (unpaired) electrons. The summed E-state index contributed by atoms with van der Waals surface area (Å²) in [7, 11) is 1.75. The van der Waals surface area contributed by atoms with Crippen molar-refractivity contribution in [3.63, 3.8) is 0 Å². The van der Waals surface area contributed by atoms with E-state index >= 15 is 0 Å². The van der Waals surface area contributed by atoms with Crippen molar-refractivity contribution in [3.05, 3.63) is 42.0 Å². The number of aromatic nitrogens is 1. The van der Waals surface area contributed by atoms with Crippen molar-refractivity contribution in [1.82, 2.24) is 15.6 Å². The summed E-state index contributed by atoms with van der Waals surface area (Å²) >= 11 is 0. The molecule has 1 aromatic carbocycles. The fourth-order valence-electron chi connectivity index (χ4n) is 2.41. The average Bonchev–Trinajstić information content (AvgIpc) is 3.15. The van der Waals surface area contributed by atoms with Crippen LogP contribution in [0.15, 0.2) is 39.9 Å². The van der Waals surface area contributed by atoms with Crippen LogP contribution in [-0.2, 0) is 11.2 Å². The van der Waals surface area contributed by atoms with E-state index in [9.17, 15) is 4.39 Å². The fourth-order valence-corrected chi connectivity index (χ4v) is 2.41. The van der Waals surface area contributed by atoms with Crippen LogP contribution in [0.5, 0.6) is 0 Å². The third-order valence-electron chi connectivity index (χ3n) is 3.94. The first kappa shape index (κ1) is 20.9. The standard InChI is InChI=1S/C20H29FN4O2/c1-3-4-13-26-14-5-11-23-20(22-2)24-12-10-18-15-27-19(25-18)16-6-8-17(21)9-7-16/h6-9,15H,3-5,10-14H2,1-2H3,(H2,22,23,24). The van der Waals surface area contributed by atoms with Crippen molar-refractivity contribution < 1.29 is 13.5 Å². The minimum absolute atomic E-state index is 0.277. The molecule has 2 rings (SSSR count). The Morgan fingerprint density at radius 1 is 1.15 bits per heavy atom. The molecule has 0 aliphatic carbocycles. The summed E-state index contributed by atoms with van der Waals surface area (Å²) in [6.45, 7) is 5.24. The first-order chi connectivity index (χ1) is 13.2. The van der Waals surface area contributed by atoms with Crippen molar-refractivity contribution in [2.45, 2.75) is 32.6 Å². The molecule has 27 heavy (non-hydrogen) atoms. The summed E-state index contributed by atoms with van der Waals surface area (Å²) in [6, 6.07) is 6.10. The summed E-state index contributed by atoms with van der Waals surface area (Å²) < 4.78 is 24.0. The highest BCUT2D eigenvalue weighted by Gasteiger charge is 2.07. The minimum Gasteiger partial charge on any atom is -0.444 e. The highest BCUT2D eigenvalue weighted by molar-refractivity contribution is 5.79. The van der Waals surface area contributed by atoms with E-state index < -0.39 is 0 Å².